The number of aromatic nitrogens is 2. The Hall–Kier alpha value is -1.46. The number of benzene rings is 1. The SMILES string of the molecule is Cc1nn(C)c(Cl)c1CC(O)Cc1cccc(F)c1F. The first-order valence-corrected chi connectivity index (χ1v) is 6.57. The molecule has 1 atom stereocenters. The van der Waals surface area contributed by atoms with E-state index in [2.05, 4.69) is 5.10 Å². The van der Waals surface area contributed by atoms with Crippen LogP contribution in [0.4, 0.5) is 8.78 Å². The van der Waals surface area contributed by atoms with E-state index in [1.54, 1.807) is 14.0 Å². The van der Waals surface area contributed by atoms with Gasteiger partial charge in [-0.3, -0.25) is 4.68 Å². The molecule has 0 aliphatic carbocycles. The maximum Gasteiger partial charge on any atom is 0.162 e. The van der Waals surface area contributed by atoms with E-state index in [9.17, 15) is 13.9 Å². The number of hydrogen-bond acceptors (Lipinski definition) is 2. The van der Waals surface area contributed by atoms with E-state index in [1.165, 1.54) is 16.8 Å². The molecule has 0 aliphatic rings. The molecular formula is C14H15ClF2N2O. The maximum atomic E-state index is 13.5. The minimum atomic E-state index is -0.916. The number of aliphatic hydroxyl groups excluding tert-OH is 1. The van der Waals surface area contributed by atoms with Crippen molar-refractivity contribution in [3.63, 3.8) is 0 Å². The molecule has 0 spiro atoms. The number of hydrogen-bond donors (Lipinski definition) is 1. The molecule has 0 radical (unpaired) electrons. The summed E-state index contributed by atoms with van der Waals surface area (Å²) in [5.41, 5.74) is 1.59. The lowest BCUT2D eigenvalue weighted by molar-refractivity contribution is 0.173. The van der Waals surface area contributed by atoms with Crippen LogP contribution in [0, 0.1) is 18.6 Å². The Morgan fingerprint density at radius 1 is 1.35 bits per heavy atom. The third-order valence-corrected chi connectivity index (χ3v) is 3.67. The van der Waals surface area contributed by atoms with Gasteiger partial charge in [0.05, 0.1) is 11.8 Å². The van der Waals surface area contributed by atoms with Gasteiger partial charge in [0.15, 0.2) is 11.6 Å². The molecule has 1 unspecified atom stereocenters. The largest absolute Gasteiger partial charge is 0.392 e. The van der Waals surface area contributed by atoms with Crippen molar-refractivity contribution in [2.24, 2.45) is 7.05 Å². The van der Waals surface area contributed by atoms with Crippen molar-refractivity contribution >= 4 is 11.6 Å². The van der Waals surface area contributed by atoms with Crippen LogP contribution in [0.1, 0.15) is 16.8 Å². The van der Waals surface area contributed by atoms with E-state index >= 15 is 0 Å². The molecule has 0 aliphatic heterocycles. The fourth-order valence-corrected chi connectivity index (χ4v) is 2.43. The molecule has 108 valence electrons. The molecule has 1 aromatic heterocycles. The van der Waals surface area contributed by atoms with Crippen LogP contribution < -0.4 is 0 Å². The van der Waals surface area contributed by atoms with Crippen LogP contribution in [0.5, 0.6) is 0 Å². The third kappa shape index (κ3) is 2.99. The summed E-state index contributed by atoms with van der Waals surface area (Å²) in [6, 6.07) is 3.93. The molecule has 6 heteroatoms. The molecule has 1 aromatic carbocycles. The molecule has 2 aromatic rings. The van der Waals surface area contributed by atoms with Gasteiger partial charge >= 0.3 is 0 Å². The lowest BCUT2D eigenvalue weighted by atomic mass is 10.0. The van der Waals surface area contributed by atoms with Gasteiger partial charge in [-0.15, -0.1) is 0 Å². The van der Waals surface area contributed by atoms with Gasteiger partial charge in [-0.1, -0.05) is 23.7 Å². The molecule has 20 heavy (non-hydrogen) atoms. The summed E-state index contributed by atoms with van der Waals surface area (Å²) in [5.74, 6) is -1.83. The van der Waals surface area contributed by atoms with Crippen molar-refractivity contribution in [2.75, 3.05) is 0 Å². The van der Waals surface area contributed by atoms with Crippen molar-refractivity contribution in [3.8, 4) is 0 Å². The monoisotopic (exact) mass is 300 g/mol. The first kappa shape index (κ1) is 14.9. The summed E-state index contributed by atoms with van der Waals surface area (Å²) >= 11 is 6.07. The van der Waals surface area contributed by atoms with Gasteiger partial charge in [0, 0.05) is 25.5 Å². The van der Waals surface area contributed by atoms with E-state index in [0.717, 1.165) is 17.3 Å². The van der Waals surface area contributed by atoms with Gasteiger partial charge in [-0.05, 0) is 18.6 Å². The normalized spacial score (nSPS) is 12.7. The molecule has 0 bridgehead atoms. The quantitative estimate of drug-likeness (QED) is 0.943. The number of rotatable bonds is 4. The summed E-state index contributed by atoms with van der Waals surface area (Å²) in [4.78, 5) is 0. The van der Waals surface area contributed by atoms with E-state index in [4.69, 9.17) is 11.6 Å². The van der Waals surface area contributed by atoms with Gasteiger partial charge in [-0.25, -0.2) is 8.78 Å². The molecule has 1 N–H and O–H groups in total. The summed E-state index contributed by atoms with van der Waals surface area (Å²) in [7, 11) is 1.71. The zero-order valence-electron chi connectivity index (χ0n) is 11.2. The fourth-order valence-electron chi connectivity index (χ4n) is 2.17. The van der Waals surface area contributed by atoms with E-state index in [-0.39, 0.29) is 18.4 Å². The highest BCUT2D eigenvalue weighted by molar-refractivity contribution is 6.30. The van der Waals surface area contributed by atoms with Crippen molar-refractivity contribution in [2.45, 2.75) is 25.9 Å². The van der Waals surface area contributed by atoms with Gasteiger partial charge in [-0.2, -0.15) is 5.10 Å². The molecule has 0 saturated heterocycles. The predicted octanol–water partition coefficient (Wildman–Crippen LogP) is 2.81. The number of nitrogens with zero attached hydrogens (tertiary/aromatic N) is 2. The van der Waals surface area contributed by atoms with Crippen LogP contribution in [-0.4, -0.2) is 21.0 Å². The topological polar surface area (TPSA) is 38.0 Å². The Morgan fingerprint density at radius 3 is 2.65 bits per heavy atom. The van der Waals surface area contributed by atoms with Crippen molar-refractivity contribution in [1.29, 1.82) is 0 Å². The highest BCUT2D eigenvalue weighted by Gasteiger charge is 2.18. The van der Waals surface area contributed by atoms with Crippen LogP contribution >= 0.6 is 11.6 Å². The van der Waals surface area contributed by atoms with E-state index in [0.29, 0.717) is 5.15 Å². The Bertz CT molecular complexity index is 628. The second kappa shape index (κ2) is 5.89. The number of aliphatic hydroxyl groups is 1. The van der Waals surface area contributed by atoms with Crippen LogP contribution in [-0.2, 0) is 19.9 Å². The summed E-state index contributed by atoms with van der Waals surface area (Å²) in [5, 5.41) is 14.6. The van der Waals surface area contributed by atoms with Crippen LogP contribution in [0.15, 0.2) is 18.2 Å². The van der Waals surface area contributed by atoms with E-state index in [1.807, 2.05) is 0 Å². The molecule has 0 fully saturated rings. The molecule has 2 rings (SSSR count). The number of aryl methyl sites for hydroxylation is 2. The lowest BCUT2D eigenvalue weighted by Gasteiger charge is -2.11. The molecule has 0 saturated carbocycles. The van der Waals surface area contributed by atoms with Gasteiger partial charge < -0.3 is 5.11 Å². The average molecular weight is 301 g/mol. The van der Waals surface area contributed by atoms with Gasteiger partial charge in [0.25, 0.3) is 0 Å². The lowest BCUT2D eigenvalue weighted by Crippen LogP contribution is -2.15. The second-order valence-corrected chi connectivity index (χ2v) is 5.11. The first-order valence-electron chi connectivity index (χ1n) is 6.19. The van der Waals surface area contributed by atoms with Gasteiger partial charge in [0.2, 0.25) is 0 Å². The Balaban J connectivity index is 2.13. The highest BCUT2D eigenvalue weighted by atomic mass is 35.5. The molecule has 1 heterocycles. The Kier molecular flexibility index (Phi) is 4.40. The van der Waals surface area contributed by atoms with Crippen LogP contribution in [0.3, 0.4) is 0 Å². The zero-order chi connectivity index (χ0) is 14.9. The Labute approximate surface area is 120 Å². The zero-order valence-corrected chi connectivity index (χ0v) is 12.0. The van der Waals surface area contributed by atoms with Crippen molar-refractivity contribution in [1.82, 2.24) is 9.78 Å². The minimum Gasteiger partial charge on any atom is -0.392 e. The average Bonchev–Trinajstić information content (AvgIpc) is 2.62. The summed E-state index contributed by atoms with van der Waals surface area (Å²) < 4.78 is 28.1. The maximum absolute atomic E-state index is 13.5. The second-order valence-electron chi connectivity index (χ2n) is 4.75. The minimum absolute atomic E-state index is 0.0221. The van der Waals surface area contributed by atoms with Crippen LogP contribution in [0.25, 0.3) is 0 Å². The molecular weight excluding hydrogens is 286 g/mol. The van der Waals surface area contributed by atoms with Gasteiger partial charge in [0.1, 0.15) is 5.15 Å². The smallest absolute Gasteiger partial charge is 0.162 e. The first-order chi connectivity index (χ1) is 9.40. The van der Waals surface area contributed by atoms with Crippen molar-refractivity contribution < 1.29 is 13.9 Å². The standard InChI is InChI=1S/C14H15ClF2N2O/c1-8-11(14(15)19(2)18-8)7-10(20)6-9-4-3-5-12(16)13(9)17/h3-5,10,20H,6-7H2,1-2H3. The third-order valence-electron chi connectivity index (χ3n) is 3.20. The van der Waals surface area contributed by atoms with Crippen LogP contribution in [0.2, 0.25) is 5.15 Å². The molecule has 3 nitrogen and oxygen atoms in total. The number of halogens is 3. The predicted molar refractivity (Wildman–Crippen MR) is 72.7 cm³/mol. The van der Waals surface area contributed by atoms with E-state index < -0.39 is 17.7 Å². The Morgan fingerprint density at radius 2 is 2.05 bits per heavy atom. The molecule has 0 amide bonds. The fraction of sp³-hybridized carbons (Fsp3) is 0.357. The summed E-state index contributed by atoms with van der Waals surface area (Å²) in [6.45, 7) is 1.79. The summed E-state index contributed by atoms with van der Waals surface area (Å²) in [6.07, 6.45) is -0.588. The van der Waals surface area contributed by atoms with Crippen molar-refractivity contribution in [3.05, 3.63) is 51.8 Å². The highest BCUT2D eigenvalue weighted by Crippen LogP contribution is 2.22.